The van der Waals surface area contributed by atoms with Gasteiger partial charge in [0.15, 0.2) is 5.96 Å². The van der Waals surface area contributed by atoms with E-state index in [-0.39, 0.29) is 41.5 Å². The number of pyridine rings is 1. The molecule has 0 bridgehead atoms. The van der Waals surface area contributed by atoms with Crippen LogP contribution in [0.2, 0.25) is 0 Å². The van der Waals surface area contributed by atoms with E-state index in [1.807, 2.05) is 11.0 Å². The number of aliphatic imine (C=N–C) groups is 1. The van der Waals surface area contributed by atoms with E-state index in [1.54, 1.807) is 29.9 Å². The van der Waals surface area contributed by atoms with Gasteiger partial charge in [-0.3, -0.25) is 14.6 Å². The molecule has 1 saturated carbocycles. The second-order valence-corrected chi connectivity index (χ2v) is 9.16. The highest BCUT2D eigenvalue weighted by atomic mass is 127. The molecular weight excluding hydrogens is 541 g/mol. The average Bonchev–Trinajstić information content (AvgIpc) is 3.32. The van der Waals surface area contributed by atoms with Crippen LogP contribution < -0.4 is 16.2 Å². The SMILES string of the molecule is CN=C(NCc1ccc(Cn2ccccc2=O)cc1)NC1CCN(C(=O)C2CCCCC2)C1.I. The second kappa shape index (κ2) is 12.9. The summed E-state index contributed by atoms with van der Waals surface area (Å²) in [5.41, 5.74) is 2.23. The lowest BCUT2D eigenvalue weighted by molar-refractivity contribution is -0.135. The van der Waals surface area contributed by atoms with E-state index in [4.69, 9.17) is 0 Å². The number of aromatic nitrogens is 1. The zero-order valence-electron chi connectivity index (χ0n) is 19.9. The topological polar surface area (TPSA) is 78.7 Å². The standard InChI is InChI=1S/C26H35N5O2.HI/c1-27-26(29-23-14-16-31(19-23)25(33)22-7-3-2-4-8-22)28-17-20-10-12-21(13-11-20)18-30-15-6-5-9-24(30)32;/h5-6,9-13,15,22-23H,2-4,7-8,14,16-19H2,1H3,(H2,27,28,29);1H. The minimum absolute atomic E-state index is 0. The van der Waals surface area contributed by atoms with Gasteiger partial charge >= 0.3 is 0 Å². The molecule has 1 atom stereocenters. The van der Waals surface area contributed by atoms with Crippen LogP contribution in [0, 0.1) is 5.92 Å². The van der Waals surface area contributed by atoms with Gasteiger partial charge in [0.1, 0.15) is 0 Å². The van der Waals surface area contributed by atoms with Crippen LogP contribution in [-0.4, -0.2) is 47.5 Å². The smallest absolute Gasteiger partial charge is 0.250 e. The third kappa shape index (κ3) is 7.07. The van der Waals surface area contributed by atoms with Crippen molar-refractivity contribution >= 4 is 35.8 Å². The van der Waals surface area contributed by atoms with Gasteiger partial charge in [-0.15, -0.1) is 24.0 Å². The van der Waals surface area contributed by atoms with Gasteiger partial charge in [-0.05, 0) is 36.5 Å². The van der Waals surface area contributed by atoms with Crippen molar-refractivity contribution in [3.63, 3.8) is 0 Å². The molecule has 34 heavy (non-hydrogen) atoms. The number of carbonyl (C=O) groups excluding carboxylic acids is 1. The van der Waals surface area contributed by atoms with Crippen LogP contribution in [0.15, 0.2) is 58.4 Å². The molecule has 2 aliphatic rings. The first-order chi connectivity index (χ1) is 16.1. The number of hydrogen-bond donors (Lipinski definition) is 2. The number of guanidine groups is 1. The quantitative estimate of drug-likeness (QED) is 0.314. The fraction of sp³-hybridized carbons (Fsp3) is 0.500. The van der Waals surface area contributed by atoms with Crippen LogP contribution in [0.3, 0.4) is 0 Å². The Bertz CT molecular complexity index is 1010. The van der Waals surface area contributed by atoms with Crippen LogP contribution in [-0.2, 0) is 17.9 Å². The Kier molecular flexibility index (Phi) is 9.98. The minimum Gasteiger partial charge on any atom is -0.352 e. The van der Waals surface area contributed by atoms with Crippen LogP contribution in [0.25, 0.3) is 0 Å². The first-order valence-corrected chi connectivity index (χ1v) is 12.1. The van der Waals surface area contributed by atoms with Crippen molar-refractivity contribution in [1.29, 1.82) is 0 Å². The van der Waals surface area contributed by atoms with Crippen molar-refractivity contribution in [2.24, 2.45) is 10.9 Å². The van der Waals surface area contributed by atoms with Crippen LogP contribution in [0.1, 0.15) is 49.7 Å². The highest BCUT2D eigenvalue weighted by Crippen LogP contribution is 2.26. The number of nitrogens with zero attached hydrogens (tertiary/aromatic N) is 3. The summed E-state index contributed by atoms with van der Waals surface area (Å²) in [4.78, 5) is 31.1. The van der Waals surface area contributed by atoms with E-state index >= 15 is 0 Å². The number of nitrogens with one attached hydrogen (secondary N) is 2. The maximum absolute atomic E-state index is 12.8. The van der Waals surface area contributed by atoms with Crippen molar-refractivity contribution in [3.05, 3.63) is 70.1 Å². The maximum atomic E-state index is 12.8. The third-order valence-electron chi connectivity index (χ3n) is 6.75. The summed E-state index contributed by atoms with van der Waals surface area (Å²) < 4.78 is 1.70. The number of benzene rings is 1. The predicted molar refractivity (Wildman–Crippen MR) is 147 cm³/mol. The summed E-state index contributed by atoms with van der Waals surface area (Å²) in [6, 6.07) is 13.7. The van der Waals surface area contributed by atoms with Gasteiger partial charge in [-0.25, -0.2) is 0 Å². The molecule has 1 aliphatic heterocycles. The lowest BCUT2D eigenvalue weighted by atomic mass is 9.88. The number of halogens is 1. The first kappa shape index (κ1) is 26.2. The van der Waals surface area contributed by atoms with Gasteiger partial charge in [-0.2, -0.15) is 0 Å². The summed E-state index contributed by atoms with van der Waals surface area (Å²) >= 11 is 0. The fourth-order valence-corrected chi connectivity index (χ4v) is 4.81. The molecule has 1 aliphatic carbocycles. The van der Waals surface area contributed by atoms with Crippen molar-refractivity contribution in [1.82, 2.24) is 20.1 Å². The maximum Gasteiger partial charge on any atom is 0.250 e. The zero-order valence-corrected chi connectivity index (χ0v) is 22.2. The molecule has 1 aromatic carbocycles. The Hall–Kier alpha value is -2.36. The molecule has 2 fully saturated rings. The Labute approximate surface area is 219 Å². The first-order valence-electron chi connectivity index (χ1n) is 12.1. The van der Waals surface area contributed by atoms with Gasteiger partial charge < -0.3 is 20.1 Å². The molecule has 4 rings (SSSR count). The average molecular weight is 578 g/mol. The predicted octanol–water partition coefficient (Wildman–Crippen LogP) is 3.36. The highest BCUT2D eigenvalue weighted by Gasteiger charge is 2.31. The number of likely N-dealkylation sites (tertiary alicyclic amines) is 1. The van der Waals surface area contributed by atoms with Gasteiger partial charge in [0.25, 0.3) is 5.56 Å². The van der Waals surface area contributed by atoms with Gasteiger partial charge in [0, 0.05) is 50.9 Å². The molecule has 1 saturated heterocycles. The monoisotopic (exact) mass is 577 g/mol. The summed E-state index contributed by atoms with van der Waals surface area (Å²) in [6.07, 6.45) is 8.51. The van der Waals surface area contributed by atoms with Gasteiger partial charge in [0.05, 0.1) is 6.54 Å². The van der Waals surface area contributed by atoms with Crippen molar-refractivity contribution in [2.45, 2.75) is 57.7 Å². The van der Waals surface area contributed by atoms with Crippen LogP contribution >= 0.6 is 24.0 Å². The lowest BCUT2D eigenvalue weighted by Gasteiger charge is -2.26. The summed E-state index contributed by atoms with van der Waals surface area (Å²) in [5, 5.41) is 6.86. The molecule has 2 heterocycles. The second-order valence-electron chi connectivity index (χ2n) is 9.16. The number of carbonyl (C=O) groups is 1. The summed E-state index contributed by atoms with van der Waals surface area (Å²) in [7, 11) is 1.77. The zero-order chi connectivity index (χ0) is 23.0. The molecule has 2 N–H and O–H groups in total. The molecule has 8 heteroatoms. The molecule has 0 radical (unpaired) electrons. The minimum atomic E-state index is 0. The Balaban J connectivity index is 0.00000324. The van der Waals surface area contributed by atoms with Crippen molar-refractivity contribution in [3.8, 4) is 0 Å². The van der Waals surface area contributed by atoms with Gasteiger partial charge in [-0.1, -0.05) is 49.6 Å². The normalized spacial score (nSPS) is 18.9. The Morgan fingerprint density at radius 1 is 1.03 bits per heavy atom. The molecule has 184 valence electrons. The van der Waals surface area contributed by atoms with E-state index in [1.165, 1.54) is 19.3 Å². The molecule has 0 spiro atoms. The molecule has 7 nitrogen and oxygen atoms in total. The molecule has 1 aromatic heterocycles. The highest BCUT2D eigenvalue weighted by molar-refractivity contribution is 14.0. The van der Waals surface area contributed by atoms with E-state index < -0.39 is 0 Å². The Morgan fingerprint density at radius 2 is 1.76 bits per heavy atom. The number of rotatable bonds is 6. The summed E-state index contributed by atoms with van der Waals surface area (Å²) in [5.74, 6) is 1.34. The molecule has 1 unspecified atom stereocenters. The van der Waals surface area contributed by atoms with Crippen LogP contribution in [0.5, 0.6) is 0 Å². The Morgan fingerprint density at radius 3 is 2.47 bits per heavy atom. The number of hydrogen-bond acceptors (Lipinski definition) is 3. The van der Waals surface area contributed by atoms with E-state index in [2.05, 4.69) is 39.9 Å². The van der Waals surface area contributed by atoms with E-state index in [9.17, 15) is 9.59 Å². The molecular formula is C26H36IN5O2. The van der Waals surface area contributed by atoms with Crippen molar-refractivity contribution < 1.29 is 4.79 Å². The van der Waals surface area contributed by atoms with Crippen LogP contribution in [0.4, 0.5) is 0 Å². The van der Waals surface area contributed by atoms with Crippen molar-refractivity contribution in [2.75, 3.05) is 20.1 Å². The third-order valence-corrected chi connectivity index (χ3v) is 6.75. The molecule has 1 amide bonds. The van der Waals surface area contributed by atoms with E-state index in [0.29, 0.717) is 19.0 Å². The largest absolute Gasteiger partial charge is 0.352 e. The summed E-state index contributed by atoms with van der Waals surface area (Å²) in [6.45, 7) is 2.80. The van der Waals surface area contributed by atoms with E-state index in [0.717, 1.165) is 49.4 Å². The number of amides is 1. The molecule has 2 aromatic rings. The lowest BCUT2D eigenvalue weighted by Crippen LogP contribution is -2.45. The fourth-order valence-electron chi connectivity index (χ4n) is 4.81. The van der Waals surface area contributed by atoms with Gasteiger partial charge in [0.2, 0.25) is 5.91 Å².